The van der Waals surface area contributed by atoms with Gasteiger partial charge in [0.1, 0.15) is 10.3 Å². The molecule has 1 heterocycles. The summed E-state index contributed by atoms with van der Waals surface area (Å²) in [6, 6.07) is 4.43. The first kappa shape index (κ1) is 8.61. The zero-order chi connectivity index (χ0) is 8.48. The number of rotatable bonds is 1. The van der Waals surface area contributed by atoms with E-state index < -0.39 is 5.97 Å². The molecule has 3 N–H and O–H groups in total. The number of nitrogens with zero attached hydrogens (tertiary/aromatic N) is 1. The van der Waals surface area contributed by atoms with Gasteiger partial charge in [-0.3, -0.25) is 0 Å². The molecule has 0 radical (unpaired) electrons. The van der Waals surface area contributed by atoms with Crippen LogP contribution in [0.4, 0.5) is 0 Å². The third-order valence-electron chi connectivity index (χ3n) is 1.06. The first-order valence-corrected chi connectivity index (χ1v) is 3.59. The highest BCUT2D eigenvalue weighted by molar-refractivity contribution is 9.10. The van der Waals surface area contributed by atoms with E-state index in [4.69, 9.17) is 15.3 Å². The van der Waals surface area contributed by atoms with E-state index in [1.807, 2.05) is 0 Å². The van der Waals surface area contributed by atoms with Gasteiger partial charge >= 0.3 is 5.97 Å². The number of hydrogen-bond acceptors (Lipinski definition) is 4. The van der Waals surface area contributed by atoms with Crippen LogP contribution in [0.25, 0.3) is 0 Å². The van der Waals surface area contributed by atoms with E-state index in [1.54, 1.807) is 6.07 Å². The molecule has 11 heavy (non-hydrogen) atoms. The number of pyridine rings is 1. The third-order valence-corrected chi connectivity index (χ3v) is 1.50. The molecule has 0 aliphatic heterocycles. The first-order valence-electron chi connectivity index (χ1n) is 2.80. The van der Waals surface area contributed by atoms with E-state index >= 15 is 0 Å². The van der Waals surface area contributed by atoms with Crippen LogP contribution < -0.4 is 0 Å². The van der Waals surface area contributed by atoms with E-state index in [2.05, 4.69) is 20.9 Å². The van der Waals surface area contributed by atoms with Crippen LogP contribution in [0.1, 0.15) is 5.69 Å². The van der Waals surface area contributed by atoms with Gasteiger partial charge in [-0.25, -0.2) is 4.98 Å². The molecule has 5 heteroatoms. The minimum absolute atomic E-state index is 0.216. The SMILES string of the molecule is OC(O)(O)c1cccc(Br)n1. The summed E-state index contributed by atoms with van der Waals surface area (Å²) < 4.78 is 0.427. The fraction of sp³-hybridized carbons (Fsp3) is 0.167. The topological polar surface area (TPSA) is 73.6 Å². The van der Waals surface area contributed by atoms with Crippen LogP contribution in [0.15, 0.2) is 22.8 Å². The standard InChI is InChI=1S/C6H6BrNO3/c7-5-3-1-2-4(8-5)6(9,10)11/h1-3,9-11H. The zero-order valence-electron chi connectivity index (χ0n) is 5.40. The highest BCUT2D eigenvalue weighted by Crippen LogP contribution is 2.14. The summed E-state index contributed by atoms with van der Waals surface area (Å²) in [5, 5.41) is 25.9. The van der Waals surface area contributed by atoms with E-state index in [0.29, 0.717) is 4.60 Å². The Morgan fingerprint density at radius 2 is 1.91 bits per heavy atom. The lowest BCUT2D eigenvalue weighted by Crippen LogP contribution is -2.25. The van der Waals surface area contributed by atoms with Gasteiger partial charge in [0.05, 0.1) is 0 Å². The molecule has 0 fully saturated rings. The summed E-state index contributed by atoms with van der Waals surface area (Å²) in [5.41, 5.74) is -0.216. The lowest BCUT2D eigenvalue weighted by Gasteiger charge is -2.12. The molecular weight excluding hydrogens is 214 g/mol. The third kappa shape index (κ3) is 2.23. The molecular formula is C6H6BrNO3. The minimum atomic E-state index is -2.86. The maximum absolute atomic E-state index is 8.64. The Morgan fingerprint density at radius 3 is 2.27 bits per heavy atom. The van der Waals surface area contributed by atoms with Crippen molar-refractivity contribution in [2.24, 2.45) is 0 Å². The second-order valence-electron chi connectivity index (χ2n) is 1.98. The summed E-state index contributed by atoms with van der Waals surface area (Å²) in [6.45, 7) is 0. The predicted octanol–water partition coefficient (Wildman–Crippen LogP) is -0.0687. The molecule has 0 saturated carbocycles. The molecule has 1 rings (SSSR count). The molecule has 60 valence electrons. The van der Waals surface area contributed by atoms with Gasteiger partial charge in [0, 0.05) is 0 Å². The summed E-state index contributed by atoms with van der Waals surface area (Å²) in [4.78, 5) is 3.61. The smallest absolute Gasteiger partial charge is 0.322 e. The molecule has 1 aromatic heterocycles. The van der Waals surface area contributed by atoms with E-state index in [9.17, 15) is 0 Å². The van der Waals surface area contributed by atoms with Crippen molar-refractivity contribution in [3.8, 4) is 0 Å². The van der Waals surface area contributed by atoms with Crippen molar-refractivity contribution in [1.82, 2.24) is 4.98 Å². The van der Waals surface area contributed by atoms with Crippen molar-refractivity contribution in [2.75, 3.05) is 0 Å². The molecule has 0 aliphatic carbocycles. The summed E-state index contributed by atoms with van der Waals surface area (Å²) in [7, 11) is 0. The molecule has 1 aromatic rings. The zero-order valence-corrected chi connectivity index (χ0v) is 6.98. The van der Waals surface area contributed by atoms with Crippen LogP contribution in [0.5, 0.6) is 0 Å². The number of hydrogen-bond donors (Lipinski definition) is 3. The average Bonchev–Trinajstić information content (AvgIpc) is 1.86. The van der Waals surface area contributed by atoms with Crippen molar-refractivity contribution in [3.05, 3.63) is 28.5 Å². The molecule has 4 nitrogen and oxygen atoms in total. The van der Waals surface area contributed by atoms with Crippen LogP contribution in [0, 0.1) is 0 Å². The molecule has 0 atom stereocenters. The van der Waals surface area contributed by atoms with Crippen molar-refractivity contribution < 1.29 is 15.3 Å². The normalized spacial score (nSPS) is 11.6. The second-order valence-corrected chi connectivity index (χ2v) is 2.79. The lowest BCUT2D eigenvalue weighted by molar-refractivity contribution is -0.326. The van der Waals surface area contributed by atoms with Crippen molar-refractivity contribution >= 4 is 15.9 Å². The van der Waals surface area contributed by atoms with Gasteiger partial charge in [0.2, 0.25) is 0 Å². The number of halogens is 1. The molecule has 0 spiro atoms. The second kappa shape index (κ2) is 2.86. The Balaban J connectivity index is 3.06. The molecule has 0 unspecified atom stereocenters. The lowest BCUT2D eigenvalue weighted by atomic mass is 10.3. The van der Waals surface area contributed by atoms with Gasteiger partial charge in [-0.15, -0.1) is 0 Å². The molecule has 0 aromatic carbocycles. The van der Waals surface area contributed by atoms with Crippen LogP contribution in [0.2, 0.25) is 0 Å². The number of aromatic nitrogens is 1. The Kier molecular flexibility index (Phi) is 2.24. The maximum atomic E-state index is 8.64. The maximum Gasteiger partial charge on any atom is 0.322 e. The van der Waals surface area contributed by atoms with Gasteiger partial charge in [-0.2, -0.15) is 0 Å². The fourth-order valence-electron chi connectivity index (χ4n) is 0.595. The highest BCUT2D eigenvalue weighted by Gasteiger charge is 2.23. The Hall–Kier alpha value is -0.490. The summed E-state index contributed by atoms with van der Waals surface area (Å²) in [6.07, 6.45) is 0. The quantitative estimate of drug-likeness (QED) is 0.457. The van der Waals surface area contributed by atoms with Crippen LogP contribution in [0.3, 0.4) is 0 Å². The van der Waals surface area contributed by atoms with E-state index in [0.717, 1.165) is 0 Å². The van der Waals surface area contributed by atoms with Crippen molar-refractivity contribution in [2.45, 2.75) is 5.97 Å². The molecule has 0 bridgehead atoms. The van der Waals surface area contributed by atoms with E-state index in [-0.39, 0.29) is 5.69 Å². The molecule has 0 saturated heterocycles. The van der Waals surface area contributed by atoms with Crippen LogP contribution in [-0.4, -0.2) is 20.3 Å². The Labute approximate surface area is 71.3 Å². The van der Waals surface area contributed by atoms with Gasteiger partial charge in [-0.1, -0.05) is 6.07 Å². The minimum Gasteiger partial charge on any atom is -0.338 e. The van der Waals surface area contributed by atoms with Gasteiger partial charge in [-0.05, 0) is 28.1 Å². The monoisotopic (exact) mass is 219 g/mol. The van der Waals surface area contributed by atoms with Crippen molar-refractivity contribution in [3.63, 3.8) is 0 Å². The fourth-order valence-corrected chi connectivity index (χ4v) is 0.939. The number of aliphatic hydroxyl groups is 3. The van der Waals surface area contributed by atoms with Crippen LogP contribution >= 0.6 is 15.9 Å². The molecule has 0 amide bonds. The van der Waals surface area contributed by atoms with Gasteiger partial charge < -0.3 is 15.3 Å². The first-order chi connectivity index (χ1) is 5.00. The predicted molar refractivity (Wildman–Crippen MR) is 40.3 cm³/mol. The highest BCUT2D eigenvalue weighted by atomic mass is 79.9. The average molecular weight is 220 g/mol. The van der Waals surface area contributed by atoms with Gasteiger partial charge in [0.15, 0.2) is 0 Å². The van der Waals surface area contributed by atoms with Crippen LogP contribution in [-0.2, 0) is 5.97 Å². The largest absolute Gasteiger partial charge is 0.338 e. The van der Waals surface area contributed by atoms with Gasteiger partial charge in [0.25, 0.3) is 0 Å². The van der Waals surface area contributed by atoms with E-state index in [1.165, 1.54) is 12.1 Å². The Bertz CT molecular complexity index is 258. The summed E-state index contributed by atoms with van der Waals surface area (Å²) >= 11 is 3.01. The Morgan fingerprint density at radius 1 is 1.27 bits per heavy atom. The summed E-state index contributed by atoms with van der Waals surface area (Å²) in [5.74, 6) is -2.86. The van der Waals surface area contributed by atoms with Crippen molar-refractivity contribution in [1.29, 1.82) is 0 Å². The molecule has 0 aliphatic rings.